The van der Waals surface area contributed by atoms with Crippen LogP contribution in [0.4, 0.5) is 0 Å². The molecule has 146 valence electrons. The van der Waals surface area contributed by atoms with Crippen LogP contribution in [0.25, 0.3) is 0 Å². The topological polar surface area (TPSA) is 69.7 Å². The largest absolute Gasteiger partial charge is 0.352 e. The zero-order valence-electron chi connectivity index (χ0n) is 16.4. The van der Waals surface area contributed by atoms with E-state index >= 15 is 0 Å². The Morgan fingerprint density at radius 2 is 1.78 bits per heavy atom. The molecule has 1 aromatic rings. The van der Waals surface area contributed by atoms with Gasteiger partial charge in [-0.15, -0.1) is 0 Å². The van der Waals surface area contributed by atoms with Gasteiger partial charge in [0.15, 0.2) is 0 Å². The molecule has 6 heteroatoms. The Bertz CT molecular complexity index is 723. The van der Waals surface area contributed by atoms with Crippen molar-refractivity contribution in [2.45, 2.75) is 64.6 Å². The fourth-order valence-electron chi connectivity index (χ4n) is 4.13. The number of nitrogens with zero attached hydrogens (tertiary/aromatic N) is 2. The van der Waals surface area contributed by atoms with Gasteiger partial charge in [-0.05, 0) is 51.7 Å². The van der Waals surface area contributed by atoms with Crippen molar-refractivity contribution in [3.8, 4) is 0 Å². The molecule has 1 aromatic carbocycles. The number of rotatable bonds is 4. The quantitative estimate of drug-likeness (QED) is 0.881. The maximum absolute atomic E-state index is 12.8. The summed E-state index contributed by atoms with van der Waals surface area (Å²) in [7, 11) is 0. The van der Waals surface area contributed by atoms with Crippen LogP contribution in [0.3, 0.4) is 0 Å². The number of nitrogens with one attached hydrogen (secondary N) is 1. The van der Waals surface area contributed by atoms with E-state index in [1.165, 1.54) is 0 Å². The second-order valence-corrected chi connectivity index (χ2v) is 7.86. The third-order valence-corrected chi connectivity index (χ3v) is 5.51. The molecule has 2 saturated heterocycles. The van der Waals surface area contributed by atoms with E-state index in [-0.39, 0.29) is 35.8 Å². The van der Waals surface area contributed by atoms with Crippen molar-refractivity contribution >= 4 is 17.7 Å². The molecule has 2 heterocycles. The molecule has 0 spiro atoms. The van der Waals surface area contributed by atoms with Crippen molar-refractivity contribution in [3.05, 3.63) is 35.4 Å². The van der Waals surface area contributed by atoms with Gasteiger partial charge < -0.3 is 15.1 Å². The number of amides is 3. The van der Waals surface area contributed by atoms with Gasteiger partial charge in [0.1, 0.15) is 6.04 Å². The number of likely N-dealkylation sites (tertiary alicyclic amines) is 2. The molecule has 2 fully saturated rings. The standard InChI is InChI=1S/C21H29N3O3/c1-14(2)22-20(26)18-8-9-19(25)24(18)16-10-12-23(13-11-16)21(27)17-7-5-4-6-15(17)3/h4-7,14,16,18H,8-13H2,1-3H3,(H,22,26). The lowest BCUT2D eigenvalue weighted by atomic mass is 10.00. The minimum absolute atomic E-state index is 0.0313. The minimum Gasteiger partial charge on any atom is -0.352 e. The first kappa shape index (κ1) is 19.4. The number of hydrogen-bond donors (Lipinski definition) is 1. The summed E-state index contributed by atoms with van der Waals surface area (Å²) in [5, 5.41) is 2.93. The number of benzene rings is 1. The molecule has 1 atom stereocenters. The SMILES string of the molecule is Cc1ccccc1C(=O)N1CCC(N2C(=O)CCC2C(=O)NC(C)C)CC1. The Labute approximate surface area is 160 Å². The summed E-state index contributed by atoms with van der Waals surface area (Å²) >= 11 is 0. The van der Waals surface area contributed by atoms with Gasteiger partial charge in [-0.2, -0.15) is 0 Å². The van der Waals surface area contributed by atoms with Crippen LogP contribution in [0.1, 0.15) is 55.5 Å². The summed E-state index contributed by atoms with van der Waals surface area (Å²) < 4.78 is 0. The molecule has 0 aromatic heterocycles. The Kier molecular flexibility index (Phi) is 5.82. The van der Waals surface area contributed by atoms with Crippen molar-refractivity contribution in [3.63, 3.8) is 0 Å². The second-order valence-electron chi connectivity index (χ2n) is 7.86. The van der Waals surface area contributed by atoms with Gasteiger partial charge in [0.25, 0.3) is 5.91 Å². The molecular weight excluding hydrogens is 342 g/mol. The van der Waals surface area contributed by atoms with Gasteiger partial charge in [-0.25, -0.2) is 0 Å². The van der Waals surface area contributed by atoms with Crippen LogP contribution >= 0.6 is 0 Å². The predicted octanol–water partition coefficient (Wildman–Crippen LogP) is 2.12. The van der Waals surface area contributed by atoms with E-state index in [0.717, 1.165) is 24.0 Å². The van der Waals surface area contributed by atoms with E-state index in [9.17, 15) is 14.4 Å². The van der Waals surface area contributed by atoms with Crippen LogP contribution in [0, 0.1) is 6.92 Å². The molecule has 0 aliphatic carbocycles. The zero-order valence-corrected chi connectivity index (χ0v) is 16.4. The molecule has 2 aliphatic rings. The van der Waals surface area contributed by atoms with Crippen LogP contribution in [0.15, 0.2) is 24.3 Å². The highest BCUT2D eigenvalue weighted by Gasteiger charge is 2.41. The molecule has 1 unspecified atom stereocenters. The summed E-state index contributed by atoms with van der Waals surface area (Å²) in [5.74, 6) is 0.0465. The monoisotopic (exact) mass is 371 g/mol. The average Bonchev–Trinajstić information content (AvgIpc) is 3.03. The van der Waals surface area contributed by atoms with Gasteiger partial charge in [-0.1, -0.05) is 18.2 Å². The van der Waals surface area contributed by atoms with Gasteiger partial charge in [0, 0.05) is 37.2 Å². The lowest BCUT2D eigenvalue weighted by molar-refractivity contribution is -0.138. The summed E-state index contributed by atoms with van der Waals surface area (Å²) in [6.07, 6.45) is 2.45. The van der Waals surface area contributed by atoms with Gasteiger partial charge in [0.05, 0.1) is 0 Å². The molecule has 0 saturated carbocycles. The van der Waals surface area contributed by atoms with Gasteiger partial charge in [0.2, 0.25) is 11.8 Å². The highest BCUT2D eigenvalue weighted by Crippen LogP contribution is 2.28. The van der Waals surface area contributed by atoms with Crippen LogP contribution in [-0.4, -0.2) is 58.7 Å². The van der Waals surface area contributed by atoms with Gasteiger partial charge >= 0.3 is 0 Å². The van der Waals surface area contributed by atoms with E-state index in [1.54, 1.807) is 4.90 Å². The molecule has 3 rings (SSSR count). The zero-order chi connectivity index (χ0) is 19.6. The molecule has 3 amide bonds. The molecule has 6 nitrogen and oxygen atoms in total. The smallest absolute Gasteiger partial charge is 0.254 e. The Hall–Kier alpha value is -2.37. The lowest BCUT2D eigenvalue weighted by Crippen LogP contribution is -2.54. The molecule has 27 heavy (non-hydrogen) atoms. The maximum atomic E-state index is 12.8. The van der Waals surface area contributed by atoms with E-state index < -0.39 is 0 Å². The first-order valence-corrected chi connectivity index (χ1v) is 9.85. The Morgan fingerprint density at radius 3 is 2.41 bits per heavy atom. The van der Waals surface area contributed by atoms with Gasteiger partial charge in [-0.3, -0.25) is 14.4 Å². The van der Waals surface area contributed by atoms with Crippen molar-refractivity contribution in [1.82, 2.24) is 15.1 Å². The summed E-state index contributed by atoms with van der Waals surface area (Å²) in [6.45, 7) is 7.02. The maximum Gasteiger partial charge on any atom is 0.254 e. The van der Waals surface area contributed by atoms with Crippen molar-refractivity contribution in [2.75, 3.05) is 13.1 Å². The van der Waals surface area contributed by atoms with E-state index in [2.05, 4.69) is 5.32 Å². The number of carbonyl (C=O) groups is 3. The number of hydrogen-bond acceptors (Lipinski definition) is 3. The van der Waals surface area contributed by atoms with Crippen LogP contribution < -0.4 is 5.32 Å². The van der Waals surface area contributed by atoms with E-state index in [1.807, 2.05) is 49.9 Å². The van der Waals surface area contributed by atoms with Crippen molar-refractivity contribution < 1.29 is 14.4 Å². The highest BCUT2D eigenvalue weighted by molar-refractivity contribution is 5.95. The summed E-state index contributed by atoms with van der Waals surface area (Å²) in [4.78, 5) is 41.3. The minimum atomic E-state index is -0.372. The highest BCUT2D eigenvalue weighted by atomic mass is 16.2. The fourth-order valence-corrected chi connectivity index (χ4v) is 4.13. The first-order valence-electron chi connectivity index (χ1n) is 9.85. The Morgan fingerprint density at radius 1 is 1.11 bits per heavy atom. The van der Waals surface area contributed by atoms with Crippen LogP contribution in [0.5, 0.6) is 0 Å². The predicted molar refractivity (Wildman–Crippen MR) is 103 cm³/mol. The van der Waals surface area contributed by atoms with Crippen molar-refractivity contribution in [2.24, 2.45) is 0 Å². The summed E-state index contributed by atoms with van der Waals surface area (Å²) in [5.41, 5.74) is 1.71. The second kappa shape index (κ2) is 8.11. The third-order valence-electron chi connectivity index (χ3n) is 5.51. The molecule has 0 radical (unpaired) electrons. The number of carbonyl (C=O) groups excluding carboxylic acids is 3. The first-order chi connectivity index (χ1) is 12.9. The average molecular weight is 371 g/mol. The molecule has 1 N–H and O–H groups in total. The van der Waals surface area contributed by atoms with Crippen molar-refractivity contribution in [1.29, 1.82) is 0 Å². The summed E-state index contributed by atoms with van der Waals surface area (Å²) in [6, 6.07) is 7.34. The number of piperidine rings is 1. The number of aryl methyl sites for hydroxylation is 1. The lowest BCUT2D eigenvalue weighted by Gasteiger charge is -2.39. The molecular formula is C21H29N3O3. The molecule has 0 bridgehead atoms. The Balaban J connectivity index is 1.64. The van der Waals surface area contributed by atoms with Crippen LogP contribution in [-0.2, 0) is 9.59 Å². The molecule has 2 aliphatic heterocycles. The van der Waals surface area contributed by atoms with Crippen LogP contribution in [0.2, 0.25) is 0 Å². The van der Waals surface area contributed by atoms with E-state index in [0.29, 0.717) is 25.9 Å². The normalized spacial score (nSPS) is 21.0. The third kappa shape index (κ3) is 4.15. The fraction of sp³-hybridized carbons (Fsp3) is 0.571. The van der Waals surface area contributed by atoms with E-state index in [4.69, 9.17) is 0 Å².